The molecule has 1 heterocycles. The van der Waals surface area contributed by atoms with Crippen LogP contribution in [0.3, 0.4) is 0 Å². The molecule has 0 saturated carbocycles. The normalized spacial score (nSPS) is 27.1. The van der Waals surface area contributed by atoms with E-state index in [2.05, 4.69) is 51.6 Å². The molecule has 11 heavy (non-hydrogen) atoms. The Bertz CT molecular complexity index is 202. The fourth-order valence-corrected chi connectivity index (χ4v) is 1.43. The number of hydrogen-bond acceptors (Lipinski definition) is 2. The van der Waals surface area contributed by atoms with Crippen molar-refractivity contribution in [2.24, 2.45) is 4.99 Å². The van der Waals surface area contributed by atoms with Gasteiger partial charge in [-0.05, 0) is 34.6 Å². The summed E-state index contributed by atoms with van der Waals surface area (Å²) < 4.78 is 0. The Hall–Kier alpha value is -0.530. The van der Waals surface area contributed by atoms with Gasteiger partial charge in [0.25, 0.3) is 0 Å². The van der Waals surface area contributed by atoms with Gasteiger partial charge in [0.05, 0.1) is 16.9 Å². The summed E-state index contributed by atoms with van der Waals surface area (Å²) in [5, 5.41) is 0. The number of amidine groups is 1. The molecule has 0 bridgehead atoms. The van der Waals surface area contributed by atoms with Gasteiger partial charge in [-0.25, -0.2) is 0 Å². The zero-order valence-corrected chi connectivity index (χ0v) is 8.39. The number of hydrogen-bond donors (Lipinski definition) is 0. The lowest BCUT2D eigenvalue weighted by atomic mass is 9.83. The summed E-state index contributed by atoms with van der Waals surface area (Å²) in [7, 11) is 2.10. The average Bonchev–Trinajstić information content (AvgIpc) is 1.93. The average molecular weight is 154 g/mol. The van der Waals surface area contributed by atoms with Crippen LogP contribution in [0.5, 0.6) is 0 Å². The molecule has 0 saturated heterocycles. The minimum absolute atomic E-state index is 0.0475. The van der Waals surface area contributed by atoms with Crippen molar-refractivity contribution >= 4 is 5.84 Å². The molecule has 2 nitrogen and oxygen atoms in total. The third-order valence-electron chi connectivity index (χ3n) is 3.26. The second-order valence-corrected chi connectivity index (χ2v) is 4.34. The summed E-state index contributed by atoms with van der Waals surface area (Å²) in [6, 6.07) is 0. The maximum Gasteiger partial charge on any atom is 0.0967 e. The Labute approximate surface area is 69.3 Å². The van der Waals surface area contributed by atoms with Crippen molar-refractivity contribution in [1.82, 2.24) is 4.90 Å². The first-order valence-corrected chi connectivity index (χ1v) is 4.09. The van der Waals surface area contributed by atoms with Crippen LogP contribution in [-0.4, -0.2) is 28.9 Å². The second kappa shape index (κ2) is 1.99. The van der Waals surface area contributed by atoms with E-state index < -0.39 is 0 Å². The molecular weight excluding hydrogens is 136 g/mol. The third kappa shape index (κ3) is 0.959. The highest BCUT2D eigenvalue weighted by Crippen LogP contribution is 2.35. The summed E-state index contributed by atoms with van der Waals surface area (Å²) in [6.07, 6.45) is 0. The van der Waals surface area contributed by atoms with Crippen molar-refractivity contribution in [2.45, 2.75) is 45.7 Å². The smallest absolute Gasteiger partial charge is 0.0967 e. The molecule has 1 aliphatic heterocycles. The van der Waals surface area contributed by atoms with Gasteiger partial charge in [-0.2, -0.15) is 0 Å². The summed E-state index contributed by atoms with van der Waals surface area (Å²) in [4.78, 5) is 6.84. The topological polar surface area (TPSA) is 15.6 Å². The molecule has 0 spiro atoms. The van der Waals surface area contributed by atoms with Gasteiger partial charge < -0.3 is 4.90 Å². The van der Waals surface area contributed by atoms with Crippen LogP contribution in [0.15, 0.2) is 4.99 Å². The van der Waals surface area contributed by atoms with Crippen molar-refractivity contribution in [2.75, 3.05) is 7.05 Å². The summed E-state index contributed by atoms with van der Waals surface area (Å²) in [5.41, 5.74) is 0.197. The van der Waals surface area contributed by atoms with Crippen LogP contribution in [0.1, 0.15) is 34.6 Å². The van der Waals surface area contributed by atoms with E-state index in [-0.39, 0.29) is 11.1 Å². The summed E-state index contributed by atoms with van der Waals surface area (Å²) in [6.45, 7) is 10.9. The fourth-order valence-electron chi connectivity index (χ4n) is 1.43. The van der Waals surface area contributed by atoms with Gasteiger partial charge in [-0.3, -0.25) is 4.99 Å². The lowest BCUT2D eigenvalue weighted by Gasteiger charge is -2.38. The van der Waals surface area contributed by atoms with E-state index in [4.69, 9.17) is 0 Å². The number of aliphatic imine (C=N–C) groups is 1. The first kappa shape index (κ1) is 8.57. The predicted molar refractivity (Wildman–Crippen MR) is 49.0 cm³/mol. The van der Waals surface area contributed by atoms with Crippen molar-refractivity contribution in [1.29, 1.82) is 0 Å². The molecule has 0 atom stereocenters. The van der Waals surface area contributed by atoms with E-state index in [0.717, 1.165) is 5.84 Å². The van der Waals surface area contributed by atoms with Crippen molar-refractivity contribution < 1.29 is 0 Å². The van der Waals surface area contributed by atoms with Gasteiger partial charge in [0.2, 0.25) is 0 Å². The van der Waals surface area contributed by atoms with Crippen molar-refractivity contribution in [3.8, 4) is 0 Å². The summed E-state index contributed by atoms with van der Waals surface area (Å²) >= 11 is 0. The van der Waals surface area contributed by atoms with Crippen LogP contribution in [0.4, 0.5) is 0 Å². The molecule has 0 fully saturated rings. The number of rotatable bonds is 0. The van der Waals surface area contributed by atoms with Crippen LogP contribution in [0, 0.1) is 0 Å². The zero-order valence-electron chi connectivity index (χ0n) is 8.39. The fraction of sp³-hybridized carbons (Fsp3) is 0.889. The van der Waals surface area contributed by atoms with E-state index in [1.54, 1.807) is 0 Å². The standard InChI is InChI=1S/C9H18N2/c1-7-10-8(2,3)9(4,5)11(7)6/h1-6H3. The maximum absolute atomic E-state index is 4.60. The van der Waals surface area contributed by atoms with Crippen LogP contribution in [-0.2, 0) is 0 Å². The van der Waals surface area contributed by atoms with E-state index in [0.29, 0.717) is 0 Å². The van der Waals surface area contributed by atoms with E-state index in [1.165, 1.54) is 0 Å². The Kier molecular flexibility index (Phi) is 1.55. The minimum atomic E-state index is 0.0475. The molecule has 64 valence electrons. The van der Waals surface area contributed by atoms with E-state index in [9.17, 15) is 0 Å². The highest BCUT2D eigenvalue weighted by atomic mass is 15.3. The van der Waals surface area contributed by atoms with Gasteiger partial charge >= 0.3 is 0 Å². The molecule has 0 aromatic carbocycles. The molecular formula is C9H18N2. The molecule has 0 radical (unpaired) electrons. The third-order valence-corrected chi connectivity index (χ3v) is 3.26. The predicted octanol–water partition coefficient (Wildman–Crippen LogP) is 1.91. The Morgan fingerprint density at radius 3 is 1.73 bits per heavy atom. The van der Waals surface area contributed by atoms with Crippen molar-refractivity contribution in [3.63, 3.8) is 0 Å². The molecule has 0 N–H and O–H groups in total. The number of nitrogens with zero attached hydrogens (tertiary/aromatic N) is 2. The van der Waals surface area contributed by atoms with E-state index in [1.807, 2.05) is 0 Å². The summed E-state index contributed by atoms with van der Waals surface area (Å²) in [5.74, 6) is 1.14. The molecule has 2 heteroatoms. The van der Waals surface area contributed by atoms with Gasteiger partial charge in [-0.1, -0.05) is 0 Å². The van der Waals surface area contributed by atoms with Crippen LogP contribution >= 0.6 is 0 Å². The molecule has 0 aromatic rings. The molecule has 1 rings (SSSR count). The van der Waals surface area contributed by atoms with Gasteiger partial charge in [0.1, 0.15) is 0 Å². The Morgan fingerprint density at radius 1 is 1.18 bits per heavy atom. The first-order valence-electron chi connectivity index (χ1n) is 4.09. The molecule has 1 aliphatic rings. The van der Waals surface area contributed by atoms with Crippen molar-refractivity contribution in [3.05, 3.63) is 0 Å². The van der Waals surface area contributed by atoms with E-state index >= 15 is 0 Å². The molecule has 0 aromatic heterocycles. The lowest BCUT2D eigenvalue weighted by molar-refractivity contribution is 0.185. The highest BCUT2D eigenvalue weighted by molar-refractivity contribution is 5.83. The van der Waals surface area contributed by atoms with Gasteiger partial charge in [0, 0.05) is 7.05 Å². The van der Waals surface area contributed by atoms with Crippen LogP contribution in [0.2, 0.25) is 0 Å². The Morgan fingerprint density at radius 2 is 1.64 bits per heavy atom. The Balaban J connectivity index is 3.05. The molecule has 0 amide bonds. The molecule has 0 aliphatic carbocycles. The molecule has 0 unspecified atom stereocenters. The van der Waals surface area contributed by atoms with Crippen LogP contribution < -0.4 is 0 Å². The largest absolute Gasteiger partial charge is 0.356 e. The number of likely N-dealkylation sites (N-methyl/N-ethyl adjacent to an activating group) is 1. The lowest BCUT2D eigenvalue weighted by Crippen LogP contribution is -2.50. The quantitative estimate of drug-likeness (QED) is 0.520. The second-order valence-electron chi connectivity index (χ2n) is 4.34. The zero-order chi connectivity index (χ0) is 8.86. The van der Waals surface area contributed by atoms with Gasteiger partial charge in [0.15, 0.2) is 0 Å². The maximum atomic E-state index is 4.60. The van der Waals surface area contributed by atoms with Crippen LogP contribution in [0.25, 0.3) is 0 Å². The first-order chi connectivity index (χ1) is 4.79. The van der Waals surface area contributed by atoms with Gasteiger partial charge in [-0.15, -0.1) is 0 Å². The highest BCUT2D eigenvalue weighted by Gasteiger charge is 2.45. The monoisotopic (exact) mass is 154 g/mol. The SMILES string of the molecule is CC1=NC(C)(C)C(C)(C)N1C. The minimum Gasteiger partial charge on any atom is -0.356 e.